The maximum Gasteiger partial charge on any atom is 0.329 e. The van der Waals surface area contributed by atoms with E-state index in [1.54, 1.807) is 30.3 Å². The molecule has 2 unspecified atom stereocenters. The van der Waals surface area contributed by atoms with Crippen molar-refractivity contribution in [1.29, 1.82) is 0 Å². The Morgan fingerprint density at radius 2 is 1.70 bits per heavy atom. The molecule has 0 aliphatic heterocycles. The molecular formula is C21H22Cl2N2O4S. The number of rotatable bonds is 9. The number of carbonyl (C=O) groups is 3. The number of amides is 2. The van der Waals surface area contributed by atoms with Crippen LogP contribution in [0.1, 0.15) is 23.7 Å². The summed E-state index contributed by atoms with van der Waals surface area (Å²) in [7, 11) is 0. The molecule has 2 amide bonds. The Morgan fingerprint density at radius 3 is 2.30 bits per heavy atom. The third kappa shape index (κ3) is 7.55. The molecule has 0 spiro atoms. The molecule has 0 fully saturated rings. The highest BCUT2D eigenvalue weighted by Gasteiger charge is 2.26. The smallest absolute Gasteiger partial charge is 0.329 e. The van der Waals surface area contributed by atoms with Gasteiger partial charge in [0, 0.05) is 21.3 Å². The van der Waals surface area contributed by atoms with Gasteiger partial charge in [-0.1, -0.05) is 41.4 Å². The van der Waals surface area contributed by atoms with Crippen LogP contribution in [0.25, 0.3) is 0 Å². The zero-order valence-electron chi connectivity index (χ0n) is 16.5. The van der Waals surface area contributed by atoms with Crippen molar-refractivity contribution in [1.82, 2.24) is 5.32 Å². The predicted octanol–water partition coefficient (Wildman–Crippen LogP) is 4.42. The van der Waals surface area contributed by atoms with Gasteiger partial charge in [0.05, 0.1) is 0 Å². The second-order valence-corrected chi connectivity index (χ2v) is 8.26. The molecule has 0 aromatic heterocycles. The molecule has 0 aliphatic rings. The fourth-order valence-corrected chi connectivity index (χ4v) is 3.49. The monoisotopic (exact) mass is 468 g/mol. The lowest BCUT2D eigenvalue weighted by Gasteiger charge is -2.20. The van der Waals surface area contributed by atoms with Crippen molar-refractivity contribution in [2.75, 3.05) is 17.3 Å². The van der Waals surface area contributed by atoms with Gasteiger partial charge in [0.15, 0.2) is 6.10 Å². The van der Waals surface area contributed by atoms with Crippen molar-refractivity contribution in [2.45, 2.75) is 25.5 Å². The van der Waals surface area contributed by atoms with E-state index in [0.717, 1.165) is 0 Å². The zero-order valence-corrected chi connectivity index (χ0v) is 18.8. The molecule has 0 bridgehead atoms. The molecule has 30 heavy (non-hydrogen) atoms. The zero-order chi connectivity index (χ0) is 22.1. The molecule has 2 rings (SSSR count). The van der Waals surface area contributed by atoms with Crippen LogP contribution in [0.2, 0.25) is 10.0 Å². The molecular weight excluding hydrogens is 447 g/mol. The van der Waals surface area contributed by atoms with Crippen LogP contribution in [0, 0.1) is 0 Å². The number of benzene rings is 2. The van der Waals surface area contributed by atoms with Crippen molar-refractivity contribution >= 4 is 58.4 Å². The van der Waals surface area contributed by atoms with Gasteiger partial charge in [-0.2, -0.15) is 11.8 Å². The first-order valence-corrected chi connectivity index (χ1v) is 11.3. The normalized spacial score (nSPS) is 12.5. The minimum atomic E-state index is -1.08. The Hall–Kier alpha value is -2.22. The summed E-state index contributed by atoms with van der Waals surface area (Å²) < 4.78 is 5.30. The van der Waals surface area contributed by atoms with Gasteiger partial charge in [0.1, 0.15) is 6.04 Å². The van der Waals surface area contributed by atoms with Gasteiger partial charge in [-0.25, -0.2) is 4.79 Å². The van der Waals surface area contributed by atoms with Crippen LogP contribution < -0.4 is 10.6 Å². The van der Waals surface area contributed by atoms with Crippen LogP contribution in [0.3, 0.4) is 0 Å². The van der Waals surface area contributed by atoms with Gasteiger partial charge in [-0.3, -0.25) is 9.59 Å². The Morgan fingerprint density at radius 1 is 1.07 bits per heavy atom. The van der Waals surface area contributed by atoms with Crippen molar-refractivity contribution in [3.8, 4) is 0 Å². The van der Waals surface area contributed by atoms with Gasteiger partial charge in [-0.15, -0.1) is 0 Å². The van der Waals surface area contributed by atoms with Gasteiger partial charge in [-0.05, 0) is 55.7 Å². The summed E-state index contributed by atoms with van der Waals surface area (Å²) in [6, 6.07) is 12.3. The minimum Gasteiger partial charge on any atom is -0.451 e. The number of ether oxygens (including phenoxy) is 1. The number of carbonyl (C=O) groups excluding carboxylic acids is 3. The summed E-state index contributed by atoms with van der Waals surface area (Å²) in [5.41, 5.74) is 0.819. The number of hydrogen-bond acceptors (Lipinski definition) is 5. The number of halogens is 2. The van der Waals surface area contributed by atoms with Crippen molar-refractivity contribution < 1.29 is 19.1 Å². The lowest BCUT2D eigenvalue weighted by molar-refractivity contribution is -0.155. The average molecular weight is 469 g/mol. The van der Waals surface area contributed by atoms with Gasteiger partial charge < -0.3 is 15.4 Å². The van der Waals surface area contributed by atoms with E-state index in [4.69, 9.17) is 27.9 Å². The number of nitrogens with one attached hydrogen (secondary N) is 2. The van der Waals surface area contributed by atoms with Crippen molar-refractivity contribution in [3.05, 3.63) is 64.1 Å². The quantitative estimate of drug-likeness (QED) is 0.532. The standard InChI is InChI=1S/C21H22Cl2N2O4S/c1-13(19(26)24-17-11-15(22)10-16(23)12-17)29-21(28)18(8-9-30-2)25-20(27)14-6-4-3-5-7-14/h3-7,10-13,18H,8-9H2,1-2H3,(H,24,26)(H,25,27). The third-order valence-electron chi connectivity index (χ3n) is 4.03. The van der Waals surface area contributed by atoms with E-state index in [-0.39, 0.29) is 5.91 Å². The molecule has 0 heterocycles. The minimum absolute atomic E-state index is 0.364. The van der Waals surface area contributed by atoms with Gasteiger partial charge >= 0.3 is 5.97 Å². The summed E-state index contributed by atoms with van der Waals surface area (Å²) in [6.45, 7) is 1.45. The number of anilines is 1. The van der Waals surface area contributed by atoms with Crippen LogP contribution in [0.15, 0.2) is 48.5 Å². The van der Waals surface area contributed by atoms with E-state index in [0.29, 0.717) is 33.5 Å². The van der Waals surface area contributed by atoms with E-state index in [9.17, 15) is 14.4 Å². The first-order chi connectivity index (χ1) is 14.3. The third-order valence-corrected chi connectivity index (χ3v) is 5.11. The Labute approximate surface area is 189 Å². The highest BCUT2D eigenvalue weighted by atomic mass is 35.5. The Balaban J connectivity index is 2.00. The maximum absolute atomic E-state index is 12.6. The predicted molar refractivity (Wildman–Crippen MR) is 121 cm³/mol. The fourth-order valence-electron chi connectivity index (χ4n) is 2.50. The summed E-state index contributed by atoms with van der Waals surface area (Å²) in [4.78, 5) is 37.4. The van der Waals surface area contributed by atoms with E-state index >= 15 is 0 Å². The second kappa shape index (κ2) is 11.8. The molecule has 0 saturated carbocycles. The van der Waals surface area contributed by atoms with E-state index in [1.165, 1.54) is 36.9 Å². The molecule has 2 atom stereocenters. The SMILES string of the molecule is CSCCC(NC(=O)c1ccccc1)C(=O)OC(C)C(=O)Nc1cc(Cl)cc(Cl)c1. The molecule has 0 radical (unpaired) electrons. The average Bonchev–Trinajstić information content (AvgIpc) is 2.70. The first kappa shape index (κ1) is 24.1. The van der Waals surface area contributed by atoms with E-state index in [2.05, 4.69) is 10.6 Å². The van der Waals surface area contributed by atoms with Crippen LogP contribution in [-0.2, 0) is 14.3 Å². The van der Waals surface area contributed by atoms with Crippen LogP contribution in [0.5, 0.6) is 0 Å². The lowest BCUT2D eigenvalue weighted by Crippen LogP contribution is -2.44. The summed E-state index contributed by atoms with van der Waals surface area (Å²) in [5, 5.41) is 6.01. The maximum atomic E-state index is 12.6. The van der Waals surface area contributed by atoms with E-state index in [1.807, 2.05) is 6.26 Å². The molecule has 6 nitrogen and oxygen atoms in total. The fraction of sp³-hybridized carbons (Fsp3) is 0.286. The Bertz CT molecular complexity index is 876. The molecule has 2 aromatic rings. The lowest BCUT2D eigenvalue weighted by atomic mass is 10.1. The highest BCUT2D eigenvalue weighted by molar-refractivity contribution is 7.98. The summed E-state index contributed by atoms with van der Waals surface area (Å²) in [5.74, 6) is -0.972. The molecule has 9 heteroatoms. The molecule has 160 valence electrons. The number of esters is 1. The largest absolute Gasteiger partial charge is 0.451 e. The topological polar surface area (TPSA) is 84.5 Å². The van der Waals surface area contributed by atoms with Crippen LogP contribution >= 0.6 is 35.0 Å². The Kier molecular flexibility index (Phi) is 9.49. The second-order valence-electron chi connectivity index (χ2n) is 6.40. The van der Waals surface area contributed by atoms with E-state index < -0.39 is 24.0 Å². The summed E-state index contributed by atoms with van der Waals surface area (Å²) in [6.07, 6.45) is 1.19. The molecule has 2 N–H and O–H groups in total. The van der Waals surface area contributed by atoms with Gasteiger partial charge in [0.2, 0.25) is 0 Å². The summed E-state index contributed by atoms with van der Waals surface area (Å²) >= 11 is 13.4. The van der Waals surface area contributed by atoms with Crippen LogP contribution in [0.4, 0.5) is 5.69 Å². The van der Waals surface area contributed by atoms with Crippen molar-refractivity contribution in [2.24, 2.45) is 0 Å². The molecule has 0 aliphatic carbocycles. The molecule has 2 aromatic carbocycles. The van der Waals surface area contributed by atoms with Gasteiger partial charge in [0.25, 0.3) is 11.8 Å². The van der Waals surface area contributed by atoms with Crippen LogP contribution in [-0.4, -0.2) is 41.9 Å². The molecule has 0 saturated heterocycles. The highest BCUT2D eigenvalue weighted by Crippen LogP contribution is 2.22. The first-order valence-electron chi connectivity index (χ1n) is 9.12. The van der Waals surface area contributed by atoms with Crippen molar-refractivity contribution in [3.63, 3.8) is 0 Å². The number of hydrogen-bond donors (Lipinski definition) is 2. The number of thioether (sulfide) groups is 1.